The van der Waals surface area contributed by atoms with Gasteiger partial charge in [-0.05, 0) is 19.1 Å². The number of benzene rings is 1. The lowest BCUT2D eigenvalue weighted by atomic mass is 10.1. The fraction of sp³-hybridized carbons (Fsp3) is 0.278. The number of carbonyl (C=O) groups excluding carboxylic acids is 4. The quantitative estimate of drug-likeness (QED) is 0.704. The zero-order chi connectivity index (χ0) is 19.4. The molecule has 1 aliphatic rings. The van der Waals surface area contributed by atoms with Gasteiger partial charge in [0.25, 0.3) is 11.8 Å². The molecule has 0 spiro atoms. The summed E-state index contributed by atoms with van der Waals surface area (Å²) in [5.74, 6) is -0.571. The maximum atomic E-state index is 12.2. The lowest BCUT2D eigenvalue weighted by molar-refractivity contribution is -0.121. The van der Waals surface area contributed by atoms with Crippen molar-refractivity contribution in [1.82, 2.24) is 15.4 Å². The van der Waals surface area contributed by atoms with Crippen LogP contribution in [-0.4, -0.2) is 46.8 Å². The van der Waals surface area contributed by atoms with E-state index in [1.807, 2.05) is 0 Å². The molecular formula is C18H18N4O5. The van der Waals surface area contributed by atoms with Crippen molar-refractivity contribution in [2.24, 2.45) is 0 Å². The molecule has 0 saturated heterocycles. The molecule has 1 aromatic carbocycles. The topological polar surface area (TPSA) is 122 Å². The maximum Gasteiger partial charge on any atom is 0.261 e. The van der Waals surface area contributed by atoms with E-state index >= 15 is 0 Å². The van der Waals surface area contributed by atoms with E-state index in [0.717, 1.165) is 4.90 Å². The molecule has 0 aliphatic carbocycles. The van der Waals surface area contributed by atoms with Crippen LogP contribution < -0.4 is 10.6 Å². The third-order valence-electron chi connectivity index (χ3n) is 4.01. The highest BCUT2D eigenvalue weighted by molar-refractivity contribution is 6.21. The van der Waals surface area contributed by atoms with Crippen LogP contribution in [0.4, 0.5) is 5.82 Å². The van der Waals surface area contributed by atoms with Gasteiger partial charge in [0.1, 0.15) is 5.76 Å². The zero-order valence-electron chi connectivity index (χ0n) is 14.7. The Kier molecular flexibility index (Phi) is 5.30. The summed E-state index contributed by atoms with van der Waals surface area (Å²) in [4.78, 5) is 49.1. The van der Waals surface area contributed by atoms with E-state index in [1.165, 1.54) is 0 Å². The summed E-state index contributed by atoms with van der Waals surface area (Å²) in [6.07, 6.45) is 0.0280. The lowest BCUT2D eigenvalue weighted by Crippen LogP contribution is -2.35. The summed E-state index contributed by atoms with van der Waals surface area (Å²) in [6.45, 7) is 1.82. The van der Waals surface area contributed by atoms with Gasteiger partial charge in [-0.1, -0.05) is 17.3 Å². The molecule has 9 heteroatoms. The van der Waals surface area contributed by atoms with Crippen molar-refractivity contribution in [2.75, 3.05) is 18.4 Å². The number of aromatic nitrogens is 1. The van der Waals surface area contributed by atoms with Gasteiger partial charge >= 0.3 is 0 Å². The molecule has 2 heterocycles. The van der Waals surface area contributed by atoms with Gasteiger partial charge in [-0.15, -0.1) is 0 Å². The summed E-state index contributed by atoms with van der Waals surface area (Å²) >= 11 is 0. The number of nitrogens with one attached hydrogen (secondary N) is 2. The van der Waals surface area contributed by atoms with Crippen molar-refractivity contribution < 1.29 is 23.7 Å². The number of imide groups is 1. The Hall–Kier alpha value is -3.49. The van der Waals surface area contributed by atoms with E-state index in [2.05, 4.69) is 15.8 Å². The molecular weight excluding hydrogens is 352 g/mol. The summed E-state index contributed by atoms with van der Waals surface area (Å²) in [6, 6.07) is 8.13. The first-order chi connectivity index (χ1) is 13.0. The summed E-state index contributed by atoms with van der Waals surface area (Å²) in [5.41, 5.74) is 0.699. The normalized spacial score (nSPS) is 12.9. The van der Waals surface area contributed by atoms with Crippen LogP contribution in [0.1, 0.15) is 39.3 Å². The minimum atomic E-state index is -0.398. The van der Waals surface area contributed by atoms with Gasteiger partial charge in [0, 0.05) is 32.0 Å². The Balaban J connectivity index is 1.40. The molecule has 2 N–H and O–H groups in total. The third-order valence-corrected chi connectivity index (χ3v) is 4.01. The average Bonchev–Trinajstić information content (AvgIpc) is 3.15. The third kappa shape index (κ3) is 4.20. The molecule has 9 nitrogen and oxygen atoms in total. The van der Waals surface area contributed by atoms with Gasteiger partial charge in [-0.3, -0.25) is 24.1 Å². The Bertz CT molecular complexity index is 870. The molecule has 27 heavy (non-hydrogen) atoms. The monoisotopic (exact) mass is 370 g/mol. The number of carbonyl (C=O) groups is 4. The molecule has 0 atom stereocenters. The second-order valence-corrected chi connectivity index (χ2v) is 6.03. The number of hydrogen-bond acceptors (Lipinski definition) is 6. The lowest BCUT2D eigenvalue weighted by Gasteiger charge is -2.13. The highest BCUT2D eigenvalue weighted by Gasteiger charge is 2.34. The standard InChI is InChI=1S/C18H18N4O5/c1-11-10-14(21-27-11)20-16(24)6-8-19-15(23)7-9-22-17(25)12-4-2-3-5-13(12)18(22)26/h2-5,10H,6-9H2,1H3,(H,19,23)(H,20,21,24). The Morgan fingerprint density at radius 2 is 1.74 bits per heavy atom. The van der Waals surface area contributed by atoms with E-state index in [9.17, 15) is 19.2 Å². The second-order valence-electron chi connectivity index (χ2n) is 6.03. The number of fused-ring (bicyclic) bond motifs is 1. The SMILES string of the molecule is Cc1cc(NC(=O)CCNC(=O)CCN2C(=O)c3ccccc3C2=O)no1. The smallest absolute Gasteiger partial charge is 0.261 e. The molecule has 0 unspecified atom stereocenters. The predicted octanol–water partition coefficient (Wildman–Crippen LogP) is 1.11. The van der Waals surface area contributed by atoms with Crippen LogP contribution in [-0.2, 0) is 9.59 Å². The van der Waals surface area contributed by atoms with Crippen LogP contribution in [0.25, 0.3) is 0 Å². The number of amides is 4. The predicted molar refractivity (Wildman–Crippen MR) is 93.9 cm³/mol. The molecule has 0 saturated carbocycles. The first-order valence-electron chi connectivity index (χ1n) is 8.41. The maximum absolute atomic E-state index is 12.2. The molecule has 0 bridgehead atoms. The molecule has 1 aliphatic heterocycles. The van der Waals surface area contributed by atoms with E-state index in [-0.39, 0.29) is 37.7 Å². The van der Waals surface area contributed by atoms with Gasteiger partial charge < -0.3 is 15.2 Å². The van der Waals surface area contributed by atoms with Gasteiger partial charge in [-0.25, -0.2) is 0 Å². The van der Waals surface area contributed by atoms with Crippen molar-refractivity contribution in [3.05, 3.63) is 47.2 Å². The van der Waals surface area contributed by atoms with Crippen molar-refractivity contribution in [3.63, 3.8) is 0 Å². The van der Waals surface area contributed by atoms with E-state index < -0.39 is 11.8 Å². The van der Waals surface area contributed by atoms with E-state index in [0.29, 0.717) is 22.7 Å². The van der Waals surface area contributed by atoms with E-state index in [4.69, 9.17) is 4.52 Å². The second kappa shape index (κ2) is 7.81. The molecule has 0 radical (unpaired) electrons. The number of nitrogens with zero attached hydrogens (tertiary/aromatic N) is 2. The van der Waals surface area contributed by atoms with Crippen LogP contribution >= 0.6 is 0 Å². The highest BCUT2D eigenvalue weighted by Crippen LogP contribution is 2.22. The number of anilines is 1. The zero-order valence-corrected chi connectivity index (χ0v) is 14.7. The summed E-state index contributed by atoms with van der Waals surface area (Å²) in [5, 5.41) is 8.77. The number of aryl methyl sites for hydroxylation is 1. The number of rotatable bonds is 7. The summed E-state index contributed by atoms with van der Waals surface area (Å²) in [7, 11) is 0. The van der Waals surface area contributed by atoms with Crippen LogP contribution in [0, 0.1) is 6.92 Å². The molecule has 2 aromatic rings. The minimum absolute atomic E-state index is 0.0113. The molecule has 140 valence electrons. The summed E-state index contributed by atoms with van der Waals surface area (Å²) < 4.78 is 4.84. The highest BCUT2D eigenvalue weighted by atomic mass is 16.5. The van der Waals surface area contributed by atoms with Gasteiger partial charge in [0.2, 0.25) is 11.8 Å². The first kappa shape index (κ1) is 18.3. The Morgan fingerprint density at radius 3 is 2.33 bits per heavy atom. The van der Waals surface area contributed by atoms with Gasteiger partial charge in [-0.2, -0.15) is 0 Å². The fourth-order valence-corrected chi connectivity index (χ4v) is 2.69. The van der Waals surface area contributed by atoms with Crippen molar-refractivity contribution in [2.45, 2.75) is 19.8 Å². The van der Waals surface area contributed by atoms with Crippen LogP contribution in [0.3, 0.4) is 0 Å². The fourth-order valence-electron chi connectivity index (χ4n) is 2.69. The molecule has 1 aromatic heterocycles. The first-order valence-corrected chi connectivity index (χ1v) is 8.41. The van der Waals surface area contributed by atoms with Crippen molar-refractivity contribution in [3.8, 4) is 0 Å². The van der Waals surface area contributed by atoms with Gasteiger partial charge in [0.15, 0.2) is 5.82 Å². The van der Waals surface area contributed by atoms with Crippen LogP contribution in [0.15, 0.2) is 34.9 Å². The van der Waals surface area contributed by atoms with Crippen molar-refractivity contribution >= 4 is 29.4 Å². The van der Waals surface area contributed by atoms with Crippen LogP contribution in [0.2, 0.25) is 0 Å². The Morgan fingerprint density at radius 1 is 1.07 bits per heavy atom. The number of hydrogen-bond donors (Lipinski definition) is 2. The molecule has 3 rings (SSSR count). The minimum Gasteiger partial charge on any atom is -0.360 e. The average molecular weight is 370 g/mol. The van der Waals surface area contributed by atoms with Crippen molar-refractivity contribution in [1.29, 1.82) is 0 Å². The molecule has 0 fully saturated rings. The van der Waals surface area contributed by atoms with E-state index in [1.54, 1.807) is 37.3 Å². The molecule has 4 amide bonds. The Labute approximate surface area is 154 Å². The largest absolute Gasteiger partial charge is 0.360 e. The van der Waals surface area contributed by atoms with Crippen LogP contribution in [0.5, 0.6) is 0 Å². The van der Waals surface area contributed by atoms with Gasteiger partial charge in [0.05, 0.1) is 11.1 Å².